The molecule has 3 N–H and O–H groups in total. The summed E-state index contributed by atoms with van der Waals surface area (Å²) in [6.07, 6.45) is 9.86. The van der Waals surface area contributed by atoms with Crippen molar-refractivity contribution in [2.75, 3.05) is 20.3 Å². The summed E-state index contributed by atoms with van der Waals surface area (Å²) in [6, 6.07) is 7.88. The molecule has 3 rings (SSSR count). The Balaban J connectivity index is 0.00000107. The highest BCUT2D eigenvalue weighted by Crippen LogP contribution is 2.47. The summed E-state index contributed by atoms with van der Waals surface area (Å²) >= 11 is 0. The number of aryl methyl sites for hydroxylation is 2. The van der Waals surface area contributed by atoms with Gasteiger partial charge in [0.05, 0.1) is 30.6 Å². The smallest absolute Gasteiger partial charge is 0.352 e. The van der Waals surface area contributed by atoms with Gasteiger partial charge in [0.2, 0.25) is 5.91 Å². The van der Waals surface area contributed by atoms with E-state index in [1.807, 2.05) is 57.9 Å². The number of allylic oxidation sites excluding steroid dienone is 1. The van der Waals surface area contributed by atoms with E-state index >= 15 is 0 Å². The summed E-state index contributed by atoms with van der Waals surface area (Å²) in [5.41, 5.74) is 2.91. The summed E-state index contributed by atoms with van der Waals surface area (Å²) in [7, 11) is 1.00. The van der Waals surface area contributed by atoms with Crippen LogP contribution in [-0.4, -0.2) is 69.4 Å². The highest BCUT2D eigenvalue weighted by molar-refractivity contribution is 6.00. The van der Waals surface area contributed by atoms with Gasteiger partial charge in [-0.1, -0.05) is 65.3 Å². The number of rotatable bonds is 13. The first-order chi connectivity index (χ1) is 20.6. The molecule has 2 heterocycles. The van der Waals surface area contributed by atoms with Crippen LogP contribution in [0.3, 0.4) is 0 Å². The van der Waals surface area contributed by atoms with Crippen molar-refractivity contribution >= 4 is 11.9 Å². The molecule has 2 aliphatic heterocycles. The molecule has 0 spiro atoms. The van der Waals surface area contributed by atoms with E-state index in [4.69, 9.17) is 15.1 Å². The third-order valence-electron chi connectivity index (χ3n) is 7.27. The Morgan fingerprint density at radius 3 is 2.42 bits per heavy atom. The number of ether oxygens (including phenoxy) is 1. The number of nitriles is 1. The molecule has 1 aromatic carbocycles. The molecule has 43 heavy (non-hydrogen) atoms. The van der Waals surface area contributed by atoms with Crippen molar-refractivity contribution in [3.63, 3.8) is 0 Å². The Kier molecular flexibility index (Phi) is 19.4. The summed E-state index contributed by atoms with van der Waals surface area (Å²) in [4.78, 5) is 27.4. The van der Waals surface area contributed by atoms with E-state index in [1.54, 1.807) is 13.1 Å². The summed E-state index contributed by atoms with van der Waals surface area (Å²) < 4.78 is 5.99. The second-order valence-electron chi connectivity index (χ2n) is 10.1. The number of aliphatic hydroxyl groups excluding tert-OH is 2. The fourth-order valence-corrected chi connectivity index (χ4v) is 5.20. The molecule has 0 aliphatic carbocycles. The number of fused-ring (bicyclic) bond motifs is 1. The van der Waals surface area contributed by atoms with Crippen molar-refractivity contribution in [1.82, 2.24) is 9.80 Å². The van der Waals surface area contributed by atoms with Gasteiger partial charge in [0.15, 0.2) is 0 Å². The highest BCUT2D eigenvalue weighted by atomic mass is 16.5. The molecule has 0 saturated carbocycles. The van der Waals surface area contributed by atoms with Gasteiger partial charge in [-0.15, -0.1) is 0 Å². The average Bonchev–Trinajstić information content (AvgIpc) is 3.24. The van der Waals surface area contributed by atoms with Gasteiger partial charge in [-0.2, -0.15) is 5.26 Å². The van der Waals surface area contributed by atoms with E-state index in [0.29, 0.717) is 12.0 Å². The number of carbonyl (C=O) groups is 2. The van der Waals surface area contributed by atoms with Gasteiger partial charge in [-0.3, -0.25) is 4.79 Å². The van der Waals surface area contributed by atoms with Gasteiger partial charge in [-0.25, -0.2) is 4.79 Å². The van der Waals surface area contributed by atoms with Gasteiger partial charge < -0.3 is 29.9 Å². The molecule has 240 valence electrons. The number of amides is 1. The number of carboxylic acids is 1. The molecule has 4 unspecified atom stereocenters. The first kappa shape index (κ1) is 39.4. The van der Waals surface area contributed by atoms with Crippen LogP contribution >= 0.6 is 0 Å². The minimum Gasteiger partial charge on any atom is -0.489 e. The van der Waals surface area contributed by atoms with Crippen molar-refractivity contribution in [3.8, 4) is 11.8 Å². The average molecular weight is 600 g/mol. The van der Waals surface area contributed by atoms with E-state index in [1.165, 1.54) is 23.3 Å². The van der Waals surface area contributed by atoms with E-state index in [9.17, 15) is 19.8 Å². The minimum absolute atomic E-state index is 0.0123. The lowest BCUT2D eigenvalue weighted by Gasteiger charge is -2.46. The molecular weight excluding hydrogens is 546 g/mol. The van der Waals surface area contributed by atoms with Crippen molar-refractivity contribution in [3.05, 3.63) is 65.7 Å². The molecule has 1 aromatic rings. The summed E-state index contributed by atoms with van der Waals surface area (Å²) in [5, 5.41) is 34.9. The Hall–Kier alpha value is -3.61. The van der Waals surface area contributed by atoms with Gasteiger partial charge >= 0.3 is 5.97 Å². The molecule has 0 aromatic heterocycles. The largest absolute Gasteiger partial charge is 0.489 e. The molecule has 1 fully saturated rings. The van der Waals surface area contributed by atoms with Gasteiger partial charge in [0, 0.05) is 25.1 Å². The first-order valence-electron chi connectivity index (χ1n) is 15.1. The van der Waals surface area contributed by atoms with Gasteiger partial charge in [0.1, 0.15) is 18.1 Å². The van der Waals surface area contributed by atoms with Gasteiger partial charge in [0.25, 0.3) is 0 Å². The molecule has 9 nitrogen and oxygen atoms in total. The zero-order valence-corrected chi connectivity index (χ0v) is 27.3. The topological polar surface area (TPSA) is 134 Å². The number of unbranched alkanes of at least 4 members (excludes halogenated alkanes) is 2. The maximum absolute atomic E-state index is 12.4. The Labute approximate surface area is 258 Å². The van der Waals surface area contributed by atoms with Gasteiger partial charge in [-0.05, 0) is 63.2 Å². The molecule has 4 atom stereocenters. The molecule has 1 amide bonds. The zero-order chi connectivity index (χ0) is 33.1. The normalized spacial score (nSPS) is 18.9. The van der Waals surface area contributed by atoms with Crippen LogP contribution in [0.15, 0.2) is 54.5 Å². The van der Waals surface area contributed by atoms with Crippen LogP contribution in [-0.2, 0) is 16.0 Å². The van der Waals surface area contributed by atoms with Crippen LogP contribution in [0.5, 0.6) is 5.75 Å². The maximum Gasteiger partial charge on any atom is 0.352 e. The lowest BCUT2D eigenvalue weighted by atomic mass is 9.78. The number of β-lactam (4-membered cyclic amide) rings is 1. The number of hydrogen-bond acceptors (Lipinski definition) is 7. The Morgan fingerprint density at radius 2 is 1.93 bits per heavy atom. The molecule has 9 heteroatoms. The Bertz CT molecular complexity index is 1120. The predicted molar refractivity (Wildman–Crippen MR) is 171 cm³/mol. The van der Waals surface area contributed by atoms with Crippen LogP contribution in [0.25, 0.3) is 0 Å². The van der Waals surface area contributed by atoms with Crippen LogP contribution < -0.4 is 4.74 Å². The molecular formula is C34H53N3O6. The van der Waals surface area contributed by atoms with Crippen molar-refractivity contribution < 1.29 is 29.6 Å². The SMILES string of the molecule is C=CN(/C=C\C)CCC#N.CC.CCCCCc1ccc(OCC2=C(C(=O)O)N3C(=O)C(C(C)O)C3C2C)c(C)c1.CO. The third-order valence-corrected chi connectivity index (χ3v) is 7.27. The molecule has 2 aliphatic rings. The third kappa shape index (κ3) is 10.9. The van der Waals surface area contributed by atoms with E-state index in [0.717, 1.165) is 37.8 Å². The molecule has 0 bridgehead atoms. The van der Waals surface area contributed by atoms with E-state index in [2.05, 4.69) is 31.7 Å². The number of nitrogens with zero attached hydrogens (tertiary/aromatic N) is 3. The fraction of sp³-hybridized carbons (Fsp3) is 0.559. The molecule has 1 saturated heterocycles. The van der Waals surface area contributed by atoms with Crippen LogP contribution in [0.4, 0.5) is 0 Å². The minimum atomic E-state index is -1.13. The van der Waals surface area contributed by atoms with E-state index < -0.39 is 18.0 Å². The van der Waals surface area contributed by atoms with Crippen molar-refractivity contribution in [2.45, 2.75) is 92.7 Å². The Morgan fingerprint density at radius 1 is 1.28 bits per heavy atom. The monoisotopic (exact) mass is 599 g/mol. The van der Waals surface area contributed by atoms with Crippen LogP contribution in [0.2, 0.25) is 0 Å². The van der Waals surface area contributed by atoms with Crippen molar-refractivity contribution in [1.29, 1.82) is 5.26 Å². The highest BCUT2D eigenvalue weighted by Gasteiger charge is 2.59. The number of benzene rings is 1. The standard InChI is InChI=1S/C23H31NO5.C8H12N2.C2H6.CH4O/c1-5-6-7-8-16-9-10-18(13(2)11-16)29-12-17-14(3)20-19(15(4)25)22(26)24(20)21(17)23(27)28;1-3-7-10(4-2)8-5-6-9;2*1-2/h9-11,14-15,19-20,25H,5-8,12H2,1-4H3,(H,27,28);3-4,7H,2,5,8H2,1H3;1-2H3;2H,1H3/b;7-3-;;. The van der Waals surface area contributed by atoms with Crippen LogP contribution in [0, 0.1) is 30.1 Å². The first-order valence-corrected chi connectivity index (χ1v) is 15.1. The zero-order valence-electron chi connectivity index (χ0n) is 27.3. The lowest BCUT2D eigenvalue weighted by Crippen LogP contribution is -2.63. The predicted octanol–water partition coefficient (Wildman–Crippen LogP) is 5.82. The second kappa shape index (κ2) is 21.1. The quantitative estimate of drug-likeness (QED) is 0.191. The summed E-state index contributed by atoms with van der Waals surface area (Å²) in [6.45, 7) is 18.0. The fourth-order valence-electron chi connectivity index (χ4n) is 5.20. The second-order valence-corrected chi connectivity index (χ2v) is 10.1. The maximum atomic E-state index is 12.4. The van der Waals surface area contributed by atoms with E-state index in [-0.39, 0.29) is 30.2 Å². The summed E-state index contributed by atoms with van der Waals surface area (Å²) in [5.74, 6) is -1.45. The number of hydrogen-bond donors (Lipinski definition) is 3. The molecule has 0 radical (unpaired) electrons. The number of carboxylic acid groups (broad SMARTS) is 1. The number of aliphatic hydroxyl groups is 2. The van der Waals surface area contributed by atoms with Crippen LogP contribution in [0.1, 0.15) is 78.4 Å². The number of carbonyl (C=O) groups excluding carboxylic acids is 1. The number of aliphatic carboxylic acids is 1. The lowest BCUT2D eigenvalue weighted by molar-refractivity contribution is -0.163. The van der Waals surface area contributed by atoms with Crippen molar-refractivity contribution in [2.24, 2.45) is 11.8 Å².